The monoisotopic (exact) mass is 281 g/mol. The molecule has 1 aromatic rings. The first-order chi connectivity index (χ1) is 9.49. The van der Waals surface area contributed by atoms with Crippen LogP contribution in [0.25, 0.3) is 0 Å². The number of ether oxygens (including phenoxy) is 1. The number of benzene rings is 1. The molecule has 0 aliphatic carbocycles. The number of hydrogen-bond acceptors (Lipinski definition) is 4. The first kappa shape index (κ1) is 14.6. The van der Waals surface area contributed by atoms with Crippen molar-refractivity contribution in [3.8, 4) is 0 Å². The van der Waals surface area contributed by atoms with Crippen LogP contribution in [0.1, 0.15) is 30.1 Å². The third-order valence-corrected chi connectivity index (χ3v) is 3.76. The summed E-state index contributed by atoms with van der Waals surface area (Å²) in [7, 11) is 0. The van der Waals surface area contributed by atoms with Crippen molar-refractivity contribution in [1.82, 2.24) is 0 Å². The van der Waals surface area contributed by atoms with Gasteiger partial charge in [0.05, 0.1) is 11.3 Å². The van der Waals surface area contributed by atoms with E-state index in [1.165, 1.54) is 6.07 Å². The number of rotatable bonds is 4. The van der Waals surface area contributed by atoms with E-state index in [4.69, 9.17) is 16.2 Å². The molecule has 0 radical (unpaired) electrons. The second-order valence-electron chi connectivity index (χ2n) is 5.17. The van der Waals surface area contributed by atoms with E-state index in [9.17, 15) is 9.18 Å². The fourth-order valence-electron chi connectivity index (χ4n) is 2.49. The number of nitrogens with two attached hydrogens (primary N) is 2. The predicted molar refractivity (Wildman–Crippen MR) is 76.0 cm³/mol. The van der Waals surface area contributed by atoms with E-state index < -0.39 is 11.7 Å². The van der Waals surface area contributed by atoms with Crippen LogP contribution in [-0.4, -0.2) is 25.2 Å². The van der Waals surface area contributed by atoms with Crippen molar-refractivity contribution in [2.45, 2.75) is 25.8 Å². The van der Waals surface area contributed by atoms with Crippen LogP contribution in [0.5, 0.6) is 0 Å². The largest absolute Gasteiger partial charge is 0.398 e. The third-order valence-electron chi connectivity index (χ3n) is 3.76. The molecule has 1 amide bonds. The number of halogens is 1. The standard InChI is InChI=1S/C14H20FN3O2/c1-8(9-2-4-20-5-3-9)18-13-6-10(14(17)19)12(16)7-11(13)15/h6-9,18H,2-5,16H2,1H3,(H2,17,19). The summed E-state index contributed by atoms with van der Waals surface area (Å²) in [5.41, 5.74) is 11.2. The van der Waals surface area contributed by atoms with E-state index in [1.807, 2.05) is 6.92 Å². The maximum absolute atomic E-state index is 13.9. The number of primary amides is 1. The normalized spacial score (nSPS) is 17.7. The molecule has 20 heavy (non-hydrogen) atoms. The lowest BCUT2D eigenvalue weighted by Crippen LogP contribution is -2.31. The number of amides is 1. The van der Waals surface area contributed by atoms with E-state index in [1.54, 1.807) is 0 Å². The number of carbonyl (C=O) groups is 1. The topological polar surface area (TPSA) is 90.4 Å². The van der Waals surface area contributed by atoms with Gasteiger partial charge in [-0.15, -0.1) is 0 Å². The number of anilines is 2. The zero-order valence-corrected chi connectivity index (χ0v) is 11.5. The van der Waals surface area contributed by atoms with Crippen LogP contribution in [0.2, 0.25) is 0 Å². The highest BCUT2D eigenvalue weighted by Gasteiger charge is 2.22. The Hall–Kier alpha value is -1.82. The summed E-state index contributed by atoms with van der Waals surface area (Å²) in [5, 5.41) is 3.11. The average Bonchev–Trinajstić information content (AvgIpc) is 2.42. The lowest BCUT2D eigenvalue weighted by atomic mass is 9.92. The van der Waals surface area contributed by atoms with E-state index >= 15 is 0 Å². The minimum absolute atomic E-state index is 0.0549. The Kier molecular flexibility index (Phi) is 4.44. The molecule has 1 aliphatic heterocycles. The lowest BCUT2D eigenvalue weighted by molar-refractivity contribution is 0.0622. The Morgan fingerprint density at radius 1 is 1.45 bits per heavy atom. The Morgan fingerprint density at radius 3 is 2.70 bits per heavy atom. The van der Waals surface area contributed by atoms with Gasteiger partial charge in [0.1, 0.15) is 5.82 Å². The first-order valence-electron chi connectivity index (χ1n) is 6.72. The zero-order chi connectivity index (χ0) is 14.7. The molecule has 1 aromatic carbocycles. The molecule has 5 nitrogen and oxygen atoms in total. The minimum Gasteiger partial charge on any atom is -0.398 e. The molecule has 1 saturated heterocycles. The van der Waals surface area contributed by atoms with Gasteiger partial charge in [-0.3, -0.25) is 4.79 Å². The molecule has 110 valence electrons. The molecule has 1 unspecified atom stereocenters. The fraction of sp³-hybridized carbons (Fsp3) is 0.500. The van der Waals surface area contributed by atoms with Gasteiger partial charge in [-0.05, 0) is 37.8 Å². The summed E-state index contributed by atoms with van der Waals surface area (Å²) >= 11 is 0. The van der Waals surface area contributed by atoms with Crippen molar-refractivity contribution < 1.29 is 13.9 Å². The molecule has 2 rings (SSSR count). The fourth-order valence-corrected chi connectivity index (χ4v) is 2.49. The van der Waals surface area contributed by atoms with Crippen LogP contribution in [0.15, 0.2) is 12.1 Å². The molecular formula is C14H20FN3O2. The van der Waals surface area contributed by atoms with Crippen molar-refractivity contribution in [2.75, 3.05) is 24.3 Å². The molecule has 0 spiro atoms. The molecule has 6 heteroatoms. The van der Waals surface area contributed by atoms with Gasteiger partial charge >= 0.3 is 0 Å². The number of nitrogen functional groups attached to an aromatic ring is 1. The van der Waals surface area contributed by atoms with Crippen LogP contribution in [0.4, 0.5) is 15.8 Å². The first-order valence-corrected chi connectivity index (χ1v) is 6.72. The Morgan fingerprint density at radius 2 is 2.10 bits per heavy atom. The minimum atomic E-state index is -0.663. The summed E-state index contributed by atoms with van der Waals surface area (Å²) < 4.78 is 19.2. The molecule has 0 saturated carbocycles. The Labute approximate surface area is 117 Å². The quantitative estimate of drug-likeness (QED) is 0.733. The van der Waals surface area contributed by atoms with Crippen LogP contribution >= 0.6 is 0 Å². The van der Waals surface area contributed by atoms with Crippen LogP contribution < -0.4 is 16.8 Å². The molecular weight excluding hydrogens is 261 g/mol. The molecule has 5 N–H and O–H groups in total. The van der Waals surface area contributed by atoms with Crippen molar-refractivity contribution in [3.05, 3.63) is 23.5 Å². The van der Waals surface area contributed by atoms with Gasteiger partial charge in [0.25, 0.3) is 5.91 Å². The smallest absolute Gasteiger partial charge is 0.250 e. The molecule has 1 aliphatic rings. The van der Waals surface area contributed by atoms with Gasteiger partial charge in [-0.1, -0.05) is 0 Å². The number of nitrogens with one attached hydrogen (secondary N) is 1. The maximum atomic E-state index is 13.9. The van der Waals surface area contributed by atoms with Gasteiger partial charge in [0.2, 0.25) is 0 Å². The van der Waals surface area contributed by atoms with Crippen molar-refractivity contribution >= 4 is 17.3 Å². The predicted octanol–water partition coefficient (Wildman–Crippen LogP) is 1.73. The van der Waals surface area contributed by atoms with Crippen LogP contribution in [0, 0.1) is 11.7 Å². The van der Waals surface area contributed by atoms with E-state index in [0.717, 1.165) is 32.1 Å². The summed E-state index contributed by atoms with van der Waals surface area (Å²) in [6.45, 7) is 3.45. The third kappa shape index (κ3) is 3.19. The summed E-state index contributed by atoms with van der Waals surface area (Å²) in [4.78, 5) is 11.2. The Balaban J connectivity index is 2.15. The van der Waals surface area contributed by atoms with E-state index in [2.05, 4.69) is 5.32 Å². The SMILES string of the molecule is CC(Nc1cc(C(N)=O)c(N)cc1F)C1CCOCC1. The highest BCUT2D eigenvalue weighted by molar-refractivity contribution is 5.99. The highest BCUT2D eigenvalue weighted by atomic mass is 19.1. The zero-order valence-electron chi connectivity index (χ0n) is 11.5. The summed E-state index contributed by atoms with van der Waals surface area (Å²) in [6.07, 6.45) is 1.88. The van der Waals surface area contributed by atoms with E-state index in [-0.39, 0.29) is 23.0 Å². The van der Waals surface area contributed by atoms with Crippen molar-refractivity contribution in [1.29, 1.82) is 0 Å². The molecule has 0 bridgehead atoms. The van der Waals surface area contributed by atoms with E-state index in [0.29, 0.717) is 5.92 Å². The number of carbonyl (C=O) groups excluding carboxylic acids is 1. The number of hydrogen-bond donors (Lipinski definition) is 3. The average molecular weight is 281 g/mol. The van der Waals surface area contributed by atoms with Gasteiger partial charge < -0.3 is 21.5 Å². The van der Waals surface area contributed by atoms with Gasteiger partial charge in [0, 0.05) is 24.9 Å². The summed E-state index contributed by atoms with van der Waals surface area (Å²) in [6, 6.07) is 2.58. The van der Waals surface area contributed by atoms with Gasteiger partial charge in [-0.2, -0.15) is 0 Å². The maximum Gasteiger partial charge on any atom is 0.250 e. The Bertz CT molecular complexity index is 501. The summed E-state index contributed by atoms with van der Waals surface area (Å²) in [5.74, 6) is -0.728. The second kappa shape index (κ2) is 6.09. The molecule has 1 heterocycles. The molecule has 0 aromatic heterocycles. The van der Waals surface area contributed by atoms with Crippen LogP contribution in [-0.2, 0) is 4.74 Å². The second-order valence-corrected chi connectivity index (χ2v) is 5.17. The highest BCUT2D eigenvalue weighted by Crippen LogP contribution is 2.26. The van der Waals surface area contributed by atoms with Crippen molar-refractivity contribution in [2.24, 2.45) is 11.7 Å². The van der Waals surface area contributed by atoms with Crippen LogP contribution in [0.3, 0.4) is 0 Å². The molecule has 1 fully saturated rings. The molecule has 1 atom stereocenters. The van der Waals surface area contributed by atoms with Gasteiger partial charge in [0.15, 0.2) is 0 Å². The van der Waals surface area contributed by atoms with Crippen molar-refractivity contribution in [3.63, 3.8) is 0 Å². The lowest BCUT2D eigenvalue weighted by Gasteiger charge is -2.29. The van der Waals surface area contributed by atoms with Gasteiger partial charge in [-0.25, -0.2) is 4.39 Å².